The molecule has 0 aromatic heterocycles. The third kappa shape index (κ3) is 2.77. The number of hydrogen-bond acceptors (Lipinski definition) is 2. The maximum atomic E-state index is 11.6. The van der Waals surface area contributed by atoms with Crippen molar-refractivity contribution in [2.24, 2.45) is 0 Å². The molecule has 0 saturated heterocycles. The van der Waals surface area contributed by atoms with Crippen LogP contribution in [-0.4, -0.2) is 11.4 Å². The van der Waals surface area contributed by atoms with Gasteiger partial charge in [-0.05, 0) is 44.3 Å². The highest BCUT2D eigenvalue weighted by Crippen LogP contribution is 2.44. The van der Waals surface area contributed by atoms with E-state index >= 15 is 0 Å². The fourth-order valence-corrected chi connectivity index (χ4v) is 4.10. The third-order valence-electron chi connectivity index (χ3n) is 5.47. The van der Waals surface area contributed by atoms with Crippen LogP contribution < -0.4 is 0 Å². The topological polar surface area (TPSA) is 37.3 Å². The van der Waals surface area contributed by atoms with E-state index < -0.39 is 0 Å². The Hall–Kier alpha value is -3.91. The van der Waals surface area contributed by atoms with Gasteiger partial charge in [-0.25, -0.2) is 0 Å². The molecule has 0 fully saturated rings. The molecule has 0 aliphatic carbocycles. The quantitative estimate of drug-likeness (QED) is 0.351. The van der Waals surface area contributed by atoms with E-state index in [1.807, 2.05) is 54.6 Å². The molecule has 0 spiro atoms. The summed E-state index contributed by atoms with van der Waals surface area (Å²) in [7, 11) is 0. The Morgan fingerprint density at radius 3 is 1.76 bits per heavy atom. The Morgan fingerprint density at radius 2 is 1.10 bits per heavy atom. The van der Waals surface area contributed by atoms with Gasteiger partial charge >= 0.3 is 0 Å². The van der Waals surface area contributed by atoms with Gasteiger partial charge < -0.3 is 5.11 Å². The van der Waals surface area contributed by atoms with Gasteiger partial charge in [-0.2, -0.15) is 0 Å². The van der Waals surface area contributed by atoms with Gasteiger partial charge in [0.1, 0.15) is 5.75 Å². The molecule has 0 heterocycles. The SMILES string of the molecule is O=Cc1ccc(-c2cccc3ccccc23)c(-c2cccc3ccccc23)c1O. The number of fused-ring (bicyclic) bond motifs is 2. The first kappa shape index (κ1) is 17.2. The van der Waals surface area contributed by atoms with Gasteiger partial charge in [0.25, 0.3) is 0 Å². The Morgan fingerprint density at radius 1 is 0.552 bits per heavy atom. The minimum atomic E-state index is 0.0155. The molecule has 2 heteroatoms. The van der Waals surface area contributed by atoms with Crippen molar-refractivity contribution >= 4 is 27.8 Å². The fourth-order valence-electron chi connectivity index (χ4n) is 4.10. The molecule has 1 N–H and O–H groups in total. The fraction of sp³-hybridized carbons (Fsp3) is 0. The number of phenols is 1. The van der Waals surface area contributed by atoms with Gasteiger partial charge in [-0.15, -0.1) is 0 Å². The Labute approximate surface area is 168 Å². The van der Waals surface area contributed by atoms with E-state index in [4.69, 9.17) is 0 Å². The van der Waals surface area contributed by atoms with E-state index in [2.05, 4.69) is 36.4 Å². The molecule has 0 amide bonds. The van der Waals surface area contributed by atoms with Crippen molar-refractivity contribution in [2.75, 3.05) is 0 Å². The van der Waals surface area contributed by atoms with Crippen molar-refractivity contribution in [1.82, 2.24) is 0 Å². The molecule has 29 heavy (non-hydrogen) atoms. The third-order valence-corrected chi connectivity index (χ3v) is 5.47. The second-order valence-electron chi connectivity index (χ2n) is 7.10. The number of carbonyl (C=O) groups is 1. The summed E-state index contributed by atoms with van der Waals surface area (Å²) in [6, 6.07) is 32.1. The van der Waals surface area contributed by atoms with Crippen LogP contribution in [0.15, 0.2) is 97.1 Å². The number of rotatable bonds is 3. The number of aldehydes is 1. The number of phenolic OH excluding ortho intramolecular Hbond substituents is 1. The van der Waals surface area contributed by atoms with Crippen LogP contribution in [0.3, 0.4) is 0 Å². The van der Waals surface area contributed by atoms with Crippen molar-refractivity contribution in [3.63, 3.8) is 0 Å². The summed E-state index contributed by atoms with van der Waals surface area (Å²) < 4.78 is 0. The zero-order valence-corrected chi connectivity index (χ0v) is 15.7. The average Bonchev–Trinajstić information content (AvgIpc) is 2.78. The zero-order chi connectivity index (χ0) is 19.8. The predicted molar refractivity (Wildman–Crippen MR) is 119 cm³/mol. The molecule has 0 aliphatic heterocycles. The Kier molecular flexibility index (Phi) is 4.10. The number of benzene rings is 5. The highest BCUT2D eigenvalue weighted by molar-refractivity contribution is 6.07. The van der Waals surface area contributed by atoms with Crippen LogP contribution in [0.1, 0.15) is 10.4 Å². The molecule has 0 aliphatic rings. The van der Waals surface area contributed by atoms with Crippen molar-refractivity contribution in [1.29, 1.82) is 0 Å². The molecule has 138 valence electrons. The molecule has 5 rings (SSSR count). The first-order chi connectivity index (χ1) is 14.3. The first-order valence-electron chi connectivity index (χ1n) is 9.55. The van der Waals surface area contributed by atoms with Gasteiger partial charge in [0.2, 0.25) is 0 Å². The number of aromatic hydroxyl groups is 1. The molecule has 0 bridgehead atoms. The molecule has 0 saturated carbocycles. The highest BCUT2D eigenvalue weighted by atomic mass is 16.3. The highest BCUT2D eigenvalue weighted by Gasteiger charge is 2.18. The van der Waals surface area contributed by atoms with Gasteiger partial charge in [-0.1, -0.05) is 91.0 Å². The van der Waals surface area contributed by atoms with Crippen LogP contribution in [0.5, 0.6) is 5.75 Å². The predicted octanol–water partition coefficient (Wildman–Crippen LogP) is 6.85. The maximum Gasteiger partial charge on any atom is 0.153 e. The molecule has 0 radical (unpaired) electrons. The largest absolute Gasteiger partial charge is 0.507 e. The summed E-state index contributed by atoms with van der Waals surface area (Å²) >= 11 is 0. The van der Waals surface area contributed by atoms with Crippen LogP contribution in [0, 0.1) is 0 Å². The molecular formula is C27H18O2. The van der Waals surface area contributed by atoms with E-state index in [1.165, 1.54) is 0 Å². The van der Waals surface area contributed by atoms with E-state index in [0.717, 1.165) is 38.2 Å². The average molecular weight is 374 g/mol. The van der Waals surface area contributed by atoms with Crippen molar-refractivity contribution in [2.45, 2.75) is 0 Å². The molecule has 0 atom stereocenters. The van der Waals surface area contributed by atoms with Gasteiger partial charge in [-0.3, -0.25) is 4.79 Å². The van der Waals surface area contributed by atoms with Crippen molar-refractivity contribution in [3.05, 3.63) is 103 Å². The van der Waals surface area contributed by atoms with E-state index in [1.54, 1.807) is 6.07 Å². The summed E-state index contributed by atoms with van der Waals surface area (Å²) in [5, 5.41) is 15.4. The van der Waals surface area contributed by atoms with E-state index in [9.17, 15) is 9.90 Å². The minimum Gasteiger partial charge on any atom is -0.507 e. The smallest absolute Gasteiger partial charge is 0.153 e. The van der Waals surface area contributed by atoms with Gasteiger partial charge in [0, 0.05) is 5.56 Å². The van der Waals surface area contributed by atoms with Crippen LogP contribution in [0.4, 0.5) is 0 Å². The Bertz CT molecular complexity index is 1370. The van der Waals surface area contributed by atoms with Crippen LogP contribution in [0.25, 0.3) is 43.8 Å². The zero-order valence-electron chi connectivity index (χ0n) is 15.7. The number of hydrogen-bond donors (Lipinski definition) is 1. The molecular weight excluding hydrogens is 356 g/mol. The lowest BCUT2D eigenvalue weighted by Gasteiger charge is -2.17. The first-order valence-corrected chi connectivity index (χ1v) is 9.55. The minimum absolute atomic E-state index is 0.0155. The summed E-state index contributed by atoms with van der Waals surface area (Å²) in [5.41, 5.74) is 3.81. The summed E-state index contributed by atoms with van der Waals surface area (Å²) in [6.07, 6.45) is 0.705. The summed E-state index contributed by atoms with van der Waals surface area (Å²) in [4.78, 5) is 11.6. The van der Waals surface area contributed by atoms with Crippen molar-refractivity contribution < 1.29 is 9.90 Å². The Balaban J connectivity index is 1.91. The number of carbonyl (C=O) groups excluding carboxylic acids is 1. The van der Waals surface area contributed by atoms with Crippen LogP contribution in [0.2, 0.25) is 0 Å². The lowest BCUT2D eigenvalue weighted by atomic mass is 9.87. The lowest BCUT2D eigenvalue weighted by molar-refractivity contribution is 0.112. The van der Waals surface area contributed by atoms with Gasteiger partial charge in [0.05, 0.1) is 5.56 Å². The molecule has 0 unspecified atom stereocenters. The summed E-state index contributed by atoms with van der Waals surface area (Å²) in [5.74, 6) is 0.0155. The standard InChI is InChI=1S/C27H18O2/c28-17-20-15-16-25(23-13-5-9-18-7-1-3-11-21(18)23)26(27(20)29)24-14-6-10-19-8-2-4-12-22(19)24/h1-17,29H. The second kappa shape index (κ2) is 6.92. The second-order valence-corrected chi connectivity index (χ2v) is 7.10. The normalized spacial score (nSPS) is 11.0. The van der Waals surface area contributed by atoms with Crippen LogP contribution in [-0.2, 0) is 0 Å². The van der Waals surface area contributed by atoms with E-state index in [0.29, 0.717) is 11.8 Å². The lowest BCUT2D eigenvalue weighted by Crippen LogP contribution is -1.93. The summed E-state index contributed by atoms with van der Waals surface area (Å²) in [6.45, 7) is 0. The molecule has 2 nitrogen and oxygen atoms in total. The van der Waals surface area contributed by atoms with Crippen molar-refractivity contribution in [3.8, 4) is 28.0 Å². The van der Waals surface area contributed by atoms with Crippen LogP contribution >= 0.6 is 0 Å². The molecule has 5 aromatic carbocycles. The van der Waals surface area contributed by atoms with E-state index in [-0.39, 0.29) is 11.3 Å². The maximum absolute atomic E-state index is 11.6. The van der Waals surface area contributed by atoms with Gasteiger partial charge in [0.15, 0.2) is 6.29 Å². The monoisotopic (exact) mass is 374 g/mol. The molecule has 5 aromatic rings.